The monoisotopic (exact) mass is 374 g/mol. The van der Waals surface area contributed by atoms with E-state index in [9.17, 15) is 13.2 Å². The van der Waals surface area contributed by atoms with Crippen LogP contribution in [0.25, 0.3) is 0 Å². The molecule has 116 valence electrons. The number of rotatable bonds is 3. The van der Waals surface area contributed by atoms with Crippen molar-refractivity contribution in [3.05, 3.63) is 22.2 Å². The molecule has 0 unspecified atom stereocenters. The molecule has 1 saturated carbocycles. The van der Waals surface area contributed by atoms with Crippen molar-refractivity contribution in [2.24, 2.45) is 10.6 Å². The maximum atomic E-state index is 12.4. The van der Waals surface area contributed by atoms with E-state index >= 15 is 0 Å². The summed E-state index contributed by atoms with van der Waals surface area (Å²) >= 11 is 3.29. The third-order valence-corrected chi connectivity index (χ3v) is 5.78. The molecule has 0 aromatic heterocycles. The van der Waals surface area contributed by atoms with E-state index in [-0.39, 0.29) is 16.2 Å². The summed E-state index contributed by atoms with van der Waals surface area (Å²) < 4.78 is 23.4. The van der Waals surface area contributed by atoms with Crippen LogP contribution in [0.5, 0.6) is 0 Å². The van der Waals surface area contributed by atoms with Crippen LogP contribution >= 0.6 is 15.9 Å². The Morgan fingerprint density at radius 2 is 1.90 bits per heavy atom. The molecule has 3 N–H and O–H groups in total. The van der Waals surface area contributed by atoms with Crippen LogP contribution in [0.15, 0.2) is 21.5 Å². The first-order valence-corrected chi connectivity index (χ1v) is 9.12. The predicted octanol–water partition coefficient (Wildman–Crippen LogP) is 2.92. The zero-order valence-electron chi connectivity index (χ0n) is 12.1. The Bertz CT molecular complexity index is 680. The Labute approximate surface area is 133 Å². The molecule has 0 atom stereocenters. The smallest absolute Gasteiger partial charge is 0.238 e. The second kappa shape index (κ2) is 5.70. The Morgan fingerprint density at radius 3 is 2.43 bits per heavy atom. The summed E-state index contributed by atoms with van der Waals surface area (Å²) in [6.45, 7) is 3.62. The van der Waals surface area contributed by atoms with Crippen LogP contribution in [0, 0.1) is 12.3 Å². The first-order chi connectivity index (χ1) is 9.63. The third-order valence-electron chi connectivity index (χ3n) is 4.07. The van der Waals surface area contributed by atoms with Gasteiger partial charge in [0.1, 0.15) is 0 Å². The minimum absolute atomic E-state index is 0.0246. The highest BCUT2D eigenvalue weighted by Crippen LogP contribution is 2.39. The molecule has 1 fully saturated rings. The normalized spacial score (nSPS) is 17.7. The van der Waals surface area contributed by atoms with Crippen LogP contribution in [0.3, 0.4) is 0 Å². The predicted molar refractivity (Wildman–Crippen MR) is 85.5 cm³/mol. The van der Waals surface area contributed by atoms with Gasteiger partial charge in [-0.25, -0.2) is 13.6 Å². The standard InChI is InChI=1S/C14H19BrN2O3S/c1-9-7-11(10(15)8-12(9)21(16,19)20)17-13(18)14(2)5-3-4-6-14/h7-8H,3-6H2,1-2H3,(H,17,18)(H2,16,19,20). The third kappa shape index (κ3) is 3.46. The van der Waals surface area contributed by atoms with Crippen LogP contribution in [0.4, 0.5) is 5.69 Å². The summed E-state index contributed by atoms with van der Waals surface area (Å²) in [6.07, 6.45) is 3.89. The van der Waals surface area contributed by atoms with Crippen molar-refractivity contribution in [2.45, 2.75) is 44.4 Å². The zero-order valence-corrected chi connectivity index (χ0v) is 14.5. The molecule has 0 aliphatic heterocycles. The molecule has 1 aromatic carbocycles. The maximum Gasteiger partial charge on any atom is 0.238 e. The molecule has 0 radical (unpaired) electrons. The van der Waals surface area contributed by atoms with E-state index in [0.717, 1.165) is 25.7 Å². The van der Waals surface area contributed by atoms with Crippen molar-refractivity contribution in [1.29, 1.82) is 0 Å². The lowest BCUT2D eigenvalue weighted by atomic mass is 9.88. The van der Waals surface area contributed by atoms with E-state index < -0.39 is 10.0 Å². The van der Waals surface area contributed by atoms with Crippen LogP contribution in [0.1, 0.15) is 38.2 Å². The number of hydrogen-bond acceptors (Lipinski definition) is 3. The second-order valence-electron chi connectivity index (χ2n) is 5.86. The Morgan fingerprint density at radius 1 is 1.33 bits per heavy atom. The molecular formula is C14H19BrN2O3S. The molecule has 0 spiro atoms. The summed E-state index contributed by atoms with van der Waals surface area (Å²) in [5.41, 5.74) is 0.733. The van der Waals surface area contributed by atoms with Crippen LogP contribution in [-0.2, 0) is 14.8 Å². The van der Waals surface area contributed by atoms with Crippen LogP contribution in [-0.4, -0.2) is 14.3 Å². The van der Waals surface area contributed by atoms with Crippen LogP contribution in [0.2, 0.25) is 0 Å². The molecule has 1 aliphatic rings. The van der Waals surface area contributed by atoms with Gasteiger partial charge < -0.3 is 5.32 Å². The Balaban J connectivity index is 2.30. The van der Waals surface area contributed by atoms with E-state index in [4.69, 9.17) is 5.14 Å². The highest BCUT2D eigenvalue weighted by molar-refractivity contribution is 9.10. The lowest BCUT2D eigenvalue weighted by Gasteiger charge is -2.23. The van der Waals surface area contributed by atoms with Gasteiger partial charge in [-0.2, -0.15) is 0 Å². The van der Waals surface area contributed by atoms with E-state index in [1.54, 1.807) is 13.0 Å². The van der Waals surface area contributed by atoms with E-state index in [0.29, 0.717) is 15.7 Å². The number of aryl methyl sites for hydroxylation is 1. The fourth-order valence-electron chi connectivity index (χ4n) is 2.72. The molecule has 0 heterocycles. The number of carbonyl (C=O) groups excluding carboxylic acids is 1. The number of anilines is 1. The van der Waals surface area contributed by atoms with Gasteiger partial charge in [-0.05, 0) is 53.4 Å². The minimum atomic E-state index is -3.77. The number of hydrogen-bond donors (Lipinski definition) is 2. The van der Waals surface area contributed by atoms with Crippen LogP contribution < -0.4 is 10.5 Å². The first kappa shape index (κ1) is 16.5. The molecule has 0 bridgehead atoms. The summed E-state index contributed by atoms with van der Waals surface area (Å²) in [5, 5.41) is 8.05. The number of benzene rings is 1. The number of nitrogens with one attached hydrogen (secondary N) is 1. The summed E-state index contributed by atoms with van der Waals surface area (Å²) in [5.74, 6) is -0.0246. The fourth-order valence-corrected chi connectivity index (χ4v) is 4.11. The first-order valence-electron chi connectivity index (χ1n) is 6.78. The lowest BCUT2D eigenvalue weighted by Crippen LogP contribution is -2.31. The number of primary sulfonamides is 1. The van der Waals surface area contributed by atoms with Crippen molar-refractivity contribution in [3.63, 3.8) is 0 Å². The van der Waals surface area contributed by atoms with Gasteiger partial charge in [0.2, 0.25) is 15.9 Å². The van der Waals surface area contributed by atoms with Crippen molar-refractivity contribution in [1.82, 2.24) is 0 Å². The average molecular weight is 375 g/mol. The molecule has 7 heteroatoms. The second-order valence-corrected chi connectivity index (χ2v) is 8.25. The SMILES string of the molecule is Cc1cc(NC(=O)C2(C)CCCC2)c(Br)cc1S(N)(=O)=O. The van der Waals surface area contributed by atoms with E-state index in [2.05, 4.69) is 21.2 Å². The molecule has 1 amide bonds. The molecule has 1 aromatic rings. The largest absolute Gasteiger partial charge is 0.325 e. The topological polar surface area (TPSA) is 89.3 Å². The van der Waals surface area contributed by atoms with Gasteiger partial charge in [0.15, 0.2) is 0 Å². The van der Waals surface area contributed by atoms with Crippen molar-refractivity contribution in [2.75, 3.05) is 5.32 Å². The quantitative estimate of drug-likeness (QED) is 0.851. The maximum absolute atomic E-state index is 12.4. The van der Waals surface area contributed by atoms with Crippen molar-refractivity contribution < 1.29 is 13.2 Å². The molecule has 2 rings (SSSR count). The highest BCUT2D eigenvalue weighted by Gasteiger charge is 2.36. The number of amides is 1. The summed E-state index contributed by atoms with van der Waals surface area (Å²) in [4.78, 5) is 12.5. The average Bonchev–Trinajstić information content (AvgIpc) is 2.80. The molecular weight excluding hydrogens is 356 g/mol. The van der Waals surface area contributed by atoms with E-state index in [1.165, 1.54) is 6.07 Å². The van der Waals surface area contributed by atoms with Gasteiger partial charge in [-0.15, -0.1) is 0 Å². The summed E-state index contributed by atoms with van der Waals surface area (Å²) in [7, 11) is -3.77. The molecule has 21 heavy (non-hydrogen) atoms. The van der Waals surface area contributed by atoms with Crippen molar-refractivity contribution in [3.8, 4) is 0 Å². The number of nitrogens with two attached hydrogens (primary N) is 1. The van der Waals surface area contributed by atoms with Gasteiger partial charge in [-0.1, -0.05) is 19.8 Å². The zero-order chi connectivity index (χ0) is 15.8. The van der Waals surface area contributed by atoms with Gasteiger partial charge in [0.25, 0.3) is 0 Å². The number of carbonyl (C=O) groups is 1. The summed E-state index contributed by atoms with van der Waals surface area (Å²) in [6, 6.07) is 3.05. The van der Waals surface area contributed by atoms with Crippen molar-refractivity contribution >= 4 is 37.5 Å². The molecule has 1 aliphatic carbocycles. The number of sulfonamides is 1. The molecule has 5 nitrogen and oxygen atoms in total. The Kier molecular flexibility index (Phi) is 4.46. The molecule has 0 saturated heterocycles. The van der Waals surface area contributed by atoms with E-state index in [1.807, 2.05) is 6.92 Å². The van der Waals surface area contributed by atoms with Gasteiger partial charge >= 0.3 is 0 Å². The highest BCUT2D eigenvalue weighted by atomic mass is 79.9. The number of halogens is 1. The fraction of sp³-hybridized carbons (Fsp3) is 0.500. The van der Waals surface area contributed by atoms with Gasteiger partial charge in [0.05, 0.1) is 10.6 Å². The minimum Gasteiger partial charge on any atom is -0.325 e. The van der Waals surface area contributed by atoms with Gasteiger partial charge in [0, 0.05) is 9.89 Å². The van der Waals surface area contributed by atoms with Gasteiger partial charge in [-0.3, -0.25) is 4.79 Å². The Hall–Kier alpha value is -0.920. The lowest BCUT2D eigenvalue weighted by molar-refractivity contribution is -0.124.